The third-order valence-corrected chi connectivity index (χ3v) is 5.61. The largest absolute Gasteiger partial charge is 0.326 e. The van der Waals surface area contributed by atoms with Gasteiger partial charge in [0.1, 0.15) is 0 Å². The molecular weight excluding hydrogens is 324 g/mol. The summed E-state index contributed by atoms with van der Waals surface area (Å²) >= 11 is 1.57. The van der Waals surface area contributed by atoms with Crippen LogP contribution in [0, 0.1) is 0 Å². The number of hydrogen-bond acceptors (Lipinski definition) is 5. The van der Waals surface area contributed by atoms with Gasteiger partial charge < -0.3 is 5.32 Å². The van der Waals surface area contributed by atoms with Gasteiger partial charge in [0.15, 0.2) is 5.16 Å². The van der Waals surface area contributed by atoms with Gasteiger partial charge in [0.05, 0.1) is 11.7 Å². The summed E-state index contributed by atoms with van der Waals surface area (Å²) in [5.41, 5.74) is 2.59. The minimum atomic E-state index is -0.126. The smallest absolute Gasteiger partial charge is 0.257 e. The van der Waals surface area contributed by atoms with Crippen molar-refractivity contribution in [2.75, 3.05) is 11.1 Å². The number of anilines is 1. The average Bonchev–Trinajstić information content (AvgIpc) is 2.99. The predicted molar refractivity (Wildman–Crippen MR) is 92.4 cm³/mol. The summed E-state index contributed by atoms with van der Waals surface area (Å²) in [6, 6.07) is 3.37. The van der Waals surface area contributed by atoms with Gasteiger partial charge in [0, 0.05) is 35.8 Å². The first-order chi connectivity index (χ1) is 11.7. The Morgan fingerprint density at radius 3 is 2.92 bits per heavy atom. The van der Waals surface area contributed by atoms with Crippen molar-refractivity contribution in [3.05, 3.63) is 46.1 Å². The van der Waals surface area contributed by atoms with Crippen LogP contribution in [-0.4, -0.2) is 26.2 Å². The minimum absolute atomic E-state index is 0.0569. The first-order valence-corrected chi connectivity index (χ1v) is 9.18. The van der Waals surface area contributed by atoms with E-state index in [-0.39, 0.29) is 23.9 Å². The van der Waals surface area contributed by atoms with Gasteiger partial charge in [-0.05, 0) is 37.8 Å². The van der Waals surface area contributed by atoms with Crippen molar-refractivity contribution in [1.82, 2.24) is 14.5 Å². The van der Waals surface area contributed by atoms with Crippen molar-refractivity contribution >= 4 is 23.4 Å². The van der Waals surface area contributed by atoms with E-state index in [4.69, 9.17) is 0 Å². The molecule has 0 fully saturated rings. The fraction of sp³-hybridized carbons (Fsp3) is 0.412. The van der Waals surface area contributed by atoms with E-state index in [9.17, 15) is 9.59 Å². The van der Waals surface area contributed by atoms with Gasteiger partial charge in [-0.25, -0.2) is 4.98 Å². The molecule has 1 aliphatic carbocycles. The molecule has 3 heterocycles. The monoisotopic (exact) mass is 342 g/mol. The van der Waals surface area contributed by atoms with Crippen LogP contribution in [0.2, 0.25) is 0 Å². The molecule has 1 aliphatic heterocycles. The van der Waals surface area contributed by atoms with Crippen molar-refractivity contribution < 1.29 is 4.79 Å². The van der Waals surface area contributed by atoms with Gasteiger partial charge in [0.2, 0.25) is 5.91 Å². The highest BCUT2D eigenvalue weighted by atomic mass is 32.2. The van der Waals surface area contributed by atoms with Gasteiger partial charge in [-0.3, -0.25) is 19.1 Å². The second-order valence-electron chi connectivity index (χ2n) is 6.15. The average molecular weight is 342 g/mol. The van der Waals surface area contributed by atoms with Gasteiger partial charge in [0.25, 0.3) is 5.56 Å². The summed E-state index contributed by atoms with van der Waals surface area (Å²) in [6.07, 6.45) is 7.40. The molecule has 1 atom stereocenters. The summed E-state index contributed by atoms with van der Waals surface area (Å²) in [4.78, 5) is 33.7. The molecule has 2 aromatic heterocycles. The van der Waals surface area contributed by atoms with E-state index in [1.54, 1.807) is 40.9 Å². The minimum Gasteiger partial charge on any atom is -0.326 e. The Kier molecular flexibility index (Phi) is 4.10. The Hall–Kier alpha value is -2.15. The number of nitrogens with one attached hydrogen (secondary N) is 1. The van der Waals surface area contributed by atoms with E-state index in [1.165, 1.54) is 0 Å². The van der Waals surface area contributed by atoms with Crippen molar-refractivity contribution in [2.24, 2.45) is 0 Å². The topological polar surface area (TPSA) is 76.9 Å². The molecule has 24 heavy (non-hydrogen) atoms. The van der Waals surface area contributed by atoms with E-state index < -0.39 is 0 Å². The number of carbonyl (C=O) groups excluding carboxylic acids is 1. The Balaban J connectivity index is 1.56. The summed E-state index contributed by atoms with van der Waals surface area (Å²) in [5, 5.41) is 3.62. The zero-order valence-corrected chi connectivity index (χ0v) is 14.0. The number of fused-ring (bicyclic) bond motifs is 2. The van der Waals surface area contributed by atoms with Crippen LogP contribution < -0.4 is 10.9 Å². The van der Waals surface area contributed by atoms with Crippen molar-refractivity contribution in [2.45, 2.75) is 43.3 Å². The second kappa shape index (κ2) is 6.39. The number of nitrogens with zero attached hydrogens (tertiary/aromatic N) is 3. The van der Waals surface area contributed by atoms with Gasteiger partial charge in [-0.15, -0.1) is 0 Å². The van der Waals surface area contributed by atoms with Gasteiger partial charge >= 0.3 is 0 Å². The van der Waals surface area contributed by atoms with Crippen LogP contribution >= 0.6 is 11.8 Å². The number of carbonyl (C=O) groups is 1. The molecule has 4 rings (SSSR count). The zero-order chi connectivity index (χ0) is 16.5. The summed E-state index contributed by atoms with van der Waals surface area (Å²) in [7, 11) is 0. The highest BCUT2D eigenvalue weighted by Crippen LogP contribution is 2.33. The van der Waals surface area contributed by atoms with Gasteiger partial charge in [-0.2, -0.15) is 0 Å². The quantitative estimate of drug-likeness (QED) is 0.865. The molecule has 2 aromatic rings. The maximum Gasteiger partial charge on any atom is 0.257 e. The number of amides is 1. The molecule has 6 nitrogen and oxygen atoms in total. The van der Waals surface area contributed by atoms with E-state index in [0.717, 1.165) is 53.5 Å². The second-order valence-corrected chi connectivity index (χ2v) is 7.14. The lowest BCUT2D eigenvalue weighted by Gasteiger charge is -2.18. The summed E-state index contributed by atoms with van der Waals surface area (Å²) < 4.78 is 1.74. The molecule has 0 aromatic carbocycles. The Morgan fingerprint density at radius 2 is 2.08 bits per heavy atom. The van der Waals surface area contributed by atoms with Gasteiger partial charge in [-0.1, -0.05) is 11.8 Å². The maximum atomic E-state index is 12.8. The van der Waals surface area contributed by atoms with Crippen LogP contribution in [0.1, 0.15) is 36.6 Å². The van der Waals surface area contributed by atoms with E-state index in [2.05, 4.69) is 15.3 Å². The molecule has 1 unspecified atom stereocenters. The number of hydrogen-bond donors (Lipinski definition) is 1. The van der Waals surface area contributed by atoms with Crippen LogP contribution in [0.15, 0.2) is 34.5 Å². The van der Waals surface area contributed by atoms with Crippen LogP contribution in [0.3, 0.4) is 0 Å². The molecule has 1 N–H and O–H groups in total. The number of pyridine rings is 1. The number of rotatable bonds is 3. The molecule has 0 bridgehead atoms. The lowest BCUT2D eigenvalue weighted by atomic mass is 9.97. The van der Waals surface area contributed by atoms with Crippen LogP contribution in [0.4, 0.5) is 5.69 Å². The third-order valence-electron chi connectivity index (χ3n) is 4.51. The molecular formula is C17H18N4O2S. The first-order valence-electron chi connectivity index (χ1n) is 8.19. The standard InChI is InChI=1S/C17H18N4O2S/c22-15(19-11-5-7-18-8-6-11)9-12-10-24-17-20-14-4-2-1-3-13(14)16(23)21(12)17/h5-8,12H,1-4,9-10H2,(H,18,19,22). The van der Waals surface area contributed by atoms with E-state index >= 15 is 0 Å². The van der Waals surface area contributed by atoms with Crippen LogP contribution in [-0.2, 0) is 17.6 Å². The van der Waals surface area contributed by atoms with Crippen LogP contribution in [0.5, 0.6) is 0 Å². The first kappa shape index (κ1) is 15.4. The van der Waals surface area contributed by atoms with E-state index in [1.807, 2.05) is 0 Å². The third kappa shape index (κ3) is 2.84. The summed E-state index contributed by atoms with van der Waals surface area (Å²) in [6.45, 7) is 0. The van der Waals surface area contributed by atoms with Crippen molar-refractivity contribution in [3.8, 4) is 0 Å². The highest BCUT2D eigenvalue weighted by Gasteiger charge is 2.30. The zero-order valence-electron chi connectivity index (χ0n) is 13.2. The Bertz CT molecular complexity index is 834. The normalized spacial score (nSPS) is 18.8. The number of aromatic nitrogens is 3. The SMILES string of the molecule is O=C(CC1CSc2nc3c(c(=O)n21)CCCC3)Nc1ccncc1. The van der Waals surface area contributed by atoms with Crippen molar-refractivity contribution in [1.29, 1.82) is 0 Å². The molecule has 0 radical (unpaired) electrons. The van der Waals surface area contributed by atoms with Crippen LogP contribution in [0.25, 0.3) is 0 Å². The van der Waals surface area contributed by atoms with Crippen molar-refractivity contribution in [3.63, 3.8) is 0 Å². The molecule has 2 aliphatic rings. The molecule has 1 amide bonds. The fourth-order valence-corrected chi connectivity index (χ4v) is 4.48. The Morgan fingerprint density at radius 1 is 1.29 bits per heavy atom. The lowest BCUT2D eigenvalue weighted by molar-refractivity contribution is -0.116. The molecule has 7 heteroatoms. The maximum absolute atomic E-state index is 12.8. The molecule has 0 saturated carbocycles. The number of thioether (sulfide) groups is 1. The molecule has 0 saturated heterocycles. The fourth-order valence-electron chi connectivity index (χ4n) is 3.33. The highest BCUT2D eigenvalue weighted by molar-refractivity contribution is 7.99. The lowest BCUT2D eigenvalue weighted by Crippen LogP contribution is -2.32. The van der Waals surface area contributed by atoms with E-state index in [0.29, 0.717) is 0 Å². The summed E-state index contributed by atoms with van der Waals surface area (Å²) in [5.74, 6) is 0.624. The number of aryl methyl sites for hydroxylation is 1. The Labute approximate surface area is 143 Å². The molecule has 124 valence electrons. The molecule has 0 spiro atoms. The predicted octanol–water partition coefficient (Wildman–Crippen LogP) is 2.19.